The number of nitrogens with one attached hydrogen (secondary N) is 1. The molecule has 4 rings (SSSR count). The van der Waals surface area contributed by atoms with Crippen molar-refractivity contribution < 1.29 is 24.2 Å². The molecule has 2 aliphatic rings. The van der Waals surface area contributed by atoms with E-state index in [1.807, 2.05) is 54.5 Å². The lowest BCUT2D eigenvalue weighted by Crippen LogP contribution is -2.41. The second-order valence-electron chi connectivity index (χ2n) is 10.4. The number of amides is 2. The molecule has 0 bridgehead atoms. The van der Waals surface area contributed by atoms with Crippen molar-refractivity contribution in [3.05, 3.63) is 59.2 Å². The van der Waals surface area contributed by atoms with E-state index in [0.29, 0.717) is 36.8 Å². The maximum atomic E-state index is 13.3. The number of thioether (sulfide) groups is 1. The van der Waals surface area contributed by atoms with Gasteiger partial charge in [0.25, 0.3) is 5.91 Å². The van der Waals surface area contributed by atoms with E-state index in [4.69, 9.17) is 4.74 Å². The summed E-state index contributed by atoms with van der Waals surface area (Å²) in [5.74, 6) is -0.195. The van der Waals surface area contributed by atoms with Gasteiger partial charge in [0.2, 0.25) is 0 Å². The van der Waals surface area contributed by atoms with Gasteiger partial charge in [-0.2, -0.15) is 11.8 Å². The van der Waals surface area contributed by atoms with Crippen LogP contribution < -0.4 is 5.32 Å². The van der Waals surface area contributed by atoms with Crippen LogP contribution in [0.3, 0.4) is 0 Å². The highest BCUT2D eigenvalue weighted by Gasteiger charge is 2.35. The molecule has 2 aromatic carbocycles. The zero-order valence-corrected chi connectivity index (χ0v) is 23.1. The summed E-state index contributed by atoms with van der Waals surface area (Å²) in [5.41, 5.74) is 3.96. The number of hydrogen-bond donors (Lipinski definition) is 2. The van der Waals surface area contributed by atoms with E-state index < -0.39 is 17.9 Å². The highest BCUT2D eigenvalue weighted by Crippen LogP contribution is 2.33. The maximum absolute atomic E-state index is 13.3. The number of carbonyl (C=O) groups is 3. The smallest absolute Gasteiger partial charge is 0.410 e. The van der Waals surface area contributed by atoms with E-state index in [1.54, 1.807) is 17.8 Å². The van der Waals surface area contributed by atoms with Gasteiger partial charge in [-0.15, -0.1) is 0 Å². The molecule has 2 amide bonds. The molecule has 1 heterocycles. The maximum Gasteiger partial charge on any atom is 0.410 e. The van der Waals surface area contributed by atoms with Crippen LogP contribution in [-0.4, -0.2) is 58.7 Å². The number of nitrogens with zero attached hydrogens (tertiary/aromatic N) is 1. The fraction of sp³-hybridized carbons (Fsp3) is 0.500. The van der Waals surface area contributed by atoms with Gasteiger partial charge in [-0.1, -0.05) is 62.4 Å². The summed E-state index contributed by atoms with van der Waals surface area (Å²) in [6.45, 7) is 2.82. The van der Waals surface area contributed by atoms with Gasteiger partial charge in [0.1, 0.15) is 12.6 Å². The number of aryl methyl sites for hydroxylation is 1. The van der Waals surface area contributed by atoms with Gasteiger partial charge in [0, 0.05) is 12.1 Å². The topological polar surface area (TPSA) is 95.9 Å². The number of rotatable bonds is 11. The van der Waals surface area contributed by atoms with Crippen molar-refractivity contribution in [2.75, 3.05) is 18.6 Å². The van der Waals surface area contributed by atoms with Crippen molar-refractivity contribution >= 4 is 29.7 Å². The van der Waals surface area contributed by atoms with Crippen LogP contribution in [0.25, 0.3) is 11.1 Å². The van der Waals surface area contributed by atoms with E-state index in [1.165, 1.54) is 32.1 Å². The van der Waals surface area contributed by atoms with Crippen molar-refractivity contribution in [1.29, 1.82) is 0 Å². The van der Waals surface area contributed by atoms with Crippen LogP contribution >= 0.6 is 11.8 Å². The molecule has 1 saturated carbocycles. The van der Waals surface area contributed by atoms with Gasteiger partial charge >= 0.3 is 12.1 Å². The predicted octanol–water partition coefficient (Wildman–Crippen LogP) is 5.89. The zero-order chi connectivity index (χ0) is 27.1. The van der Waals surface area contributed by atoms with Crippen LogP contribution in [0.1, 0.15) is 66.4 Å². The van der Waals surface area contributed by atoms with Crippen LogP contribution in [0.2, 0.25) is 0 Å². The molecule has 204 valence electrons. The first kappa shape index (κ1) is 28.0. The number of benzene rings is 2. The van der Waals surface area contributed by atoms with Gasteiger partial charge in [0.15, 0.2) is 0 Å². The quantitative estimate of drug-likeness (QED) is 0.370. The average Bonchev–Trinajstić information content (AvgIpc) is 3.25. The third kappa shape index (κ3) is 6.90. The molecule has 2 fully saturated rings. The van der Waals surface area contributed by atoms with Gasteiger partial charge in [-0.3, -0.25) is 9.69 Å². The summed E-state index contributed by atoms with van der Waals surface area (Å²) in [4.78, 5) is 39.6. The lowest BCUT2D eigenvalue weighted by atomic mass is 9.84. The van der Waals surface area contributed by atoms with E-state index in [0.717, 1.165) is 28.7 Å². The molecule has 0 radical (unpaired) electrons. The normalized spacial score (nSPS) is 18.7. The molecule has 2 N–H and O–H groups in total. The zero-order valence-electron chi connectivity index (χ0n) is 22.3. The van der Waals surface area contributed by atoms with Crippen LogP contribution in [0.4, 0.5) is 4.79 Å². The molecule has 1 aliphatic heterocycles. The fourth-order valence-corrected chi connectivity index (χ4v) is 6.07. The van der Waals surface area contributed by atoms with Gasteiger partial charge < -0.3 is 15.2 Å². The molecular weight excluding hydrogens is 500 g/mol. The minimum absolute atomic E-state index is 0.0586. The van der Waals surface area contributed by atoms with Crippen LogP contribution in [-0.2, 0) is 16.1 Å². The van der Waals surface area contributed by atoms with E-state index in [2.05, 4.69) is 5.32 Å². The largest absolute Gasteiger partial charge is 0.480 e. The number of carboxylic acids is 1. The molecular formula is C30H38N2O5S. The molecule has 8 heteroatoms. The summed E-state index contributed by atoms with van der Waals surface area (Å²) in [5, 5.41) is 12.3. The Balaban J connectivity index is 1.60. The number of ether oxygens (including phenoxy) is 1. The molecule has 0 aromatic heterocycles. The summed E-state index contributed by atoms with van der Waals surface area (Å²) in [6.07, 6.45) is 9.18. The second-order valence-corrected chi connectivity index (χ2v) is 11.4. The van der Waals surface area contributed by atoms with Gasteiger partial charge in [-0.05, 0) is 72.1 Å². The highest BCUT2D eigenvalue weighted by molar-refractivity contribution is 7.98. The number of aliphatic carboxylic acids is 1. The number of cyclic esters (lactones) is 1. The fourth-order valence-electron chi connectivity index (χ4n) is 5.60. The molecule has 1 aliphatic carbocycles. The van der Waals surface area contributed by atoms with Gasteiger partial charge in [-0.25, -0.2) is 9.59 Å². The number of carbonyl (C=O) groups excluding carboxylic acids is 2. The Morgan fingerprint density at radius 2 is 1.89 bits per heavy atom. The van der Waals surface area contributed by atoms with Crippen molar-refractivity contribution in [2.45, 2.75) is 70.5 Å². The first-order valence-electron chi connectivity index (χ1n) is 13.5. The Kier molecular flexibility index (Phi) is 9.72. The Morgan fingerprint density at radius 1 is 1.13 bits per heavy atom. The number of carboxylic acid groups (broad SMARTS) is 1. The summed E-state index contributed by atoms with van der Waals surface area (Å²) < 4.78 is 5.45. The lowest BCUT2D eigenvalue weighted by molar-refractivity contribution is -0.139. The van der Waals surface area contributed by atoms with Crippen molar-refractivity contribution in [2.24, 2.45) is 5.92 Å². The molecule has 0 spiro atoms. The van der Waals surface area contributed by atoms with Crippen molar-refractivity contribution in [3.8, 4) is 11.1 Å². The van der Waals surface area contributed by atoms with E-state index in [9.17, 15) is 19.5 Å². The van der Waals surface area contributed by atoms with E-state index >= 15 is 0 Å². The molecule has 7 nitrogen and oxygen atoms in total. The number of hydrogen-bond acceptors (Lipinski definition) is 5. The third-order valence-electron chi connectivity index (χ3n) is 7.74. The summed E-state index contributed by atoms with van der Waals surface area (Å²) in [7, 11) is 0. The molecule has 38 heavy (non-hydrogen) atoms. The van der Waals surface area contributed by atoms with Crippen LogP contribution in [0, 0.1) is 12.8 Å². The van der Waals surface area contributed by atoms with Crippen LogP contribution in [0.5, 0.6) is 0 Å². The minimum atomic E-state index is -1.04. The monoisotopic (exact) mass is 538 g/mol. The second kappa shape index (κ2) is 13.2. The Labute approximate surface area is 229 Å². The van der Waals surface area contributed by atoms with Crippen molar-refractivity contribution in [1.82, 2.24) is 10.2 Å². The molecule has 2 atom stereocenters. The van der Waals surface area contributed by atoms with Crippen LogP contribution in [0.15, 0.2) is 42.5 Å². The first-order valence-corrected chi connectivity index (χ1v) is 14.9. The van der Waals surface area contributed by atoms with Crippen molar-refractivity contribution in [3.63, 3.8) is 0 Å². The molecule has 2 aromatic rings. The Hall–Kier alpha value is -3.00. The Bertz CT molecular complexity index is 1150. The highest BCUT2D eigenvalue weighted by atomic mass is 32.2. The average molecular weight is 539 g/mol. The third-order valence-corrected chi connectivity index (χ3v) is 8.38. The van der Waals surface area contributed by atoms with Gasteiger partial charge in [0.05, 0.1) is 6.04 Å². The first-order chi connectivity index (χ1) is 18.4. The SMILES string of the molecule is CSCCC(NC(=O)c1ccc(CN2C(=O)OCC2CC2CCCCC2)cc1-c1ccccc1C)C(=O)O. The minimum Gasteiger partial charge on any atom is -0.480 e. The van der Waals surface area contributed by atoms with E-state index in [-0.39, 0.29) is 12.1 Å². The Morgan fingerprint density at radius 3 is 2.61 bits per heavy atom. The predicted molar refractivity (Wildman–Crippen MR) is 150 cm³/mol. The summed E-state index contributed by atoms with van der Waals surface area (Å²) >= 11 is 1.54. The molecule has 1 saturated heterocycles. The summed E-state index contributed by atoms with van der Waals surface area (Å²) in [6, 6.07) is 12.5. The lowest BCUT2D eigenvalue weighted by Gasteiger charge is -2.28. The molecule has 2 unspecified atom stereocenters. The standard InChI is InChI=1S/C30H38N2O5S/c1-20-8-6-7-11-24(20)26-17-22(12-13-25(26)28(33)31-27(29(34)35)14-15-38-2)18-32-23(19-37-30(32)36)16-21-9-4-3-5-10-21/h6-8,11-13,17,21,23,27H,3-5,9-10,14-16,18-19H2,1-2H3,(H,31,33)(H,34,35).